The van der Waals surface area contributed by atoms with E-state index < -0.39 is 0 Å². The quantitative estimate of drug-likeness (QED) is 0.386. The highest BCUT2D eigenvalue weighted by Crippen LogP contribution is 2.11. The molecule has 1 aromatic heterocycles. The second-order valence-electron chi connectivity index (χ2n) is 4.25. The molecular weight excluding hydrogens is 250 g/mol. The van der Waals surface area contributed by atoms with Crippen molar-refractivity contribution in [2.24, 2.45) is 10.8 Å². The van der Waals surface area contributed by atoms with Crippen molar-refractivity contribution in [1.29, 1.82) is 0 Å². The third kappa shape index (κ3) is 3.80. The molecule has 0 aliphatic carbocycles. The van der Waals surface area contributed by atoms with Gasteiger partial charge in [0, 0.05) is 12.7 Å². The van der Waals surface area contributed by atoms with Crippen molar-refractivity contribution in [3.05, 3.63) is 60.4 Å². The van der Waals surface area contributed by atoms with Gasteiger partial charge in [-0.1, -0.05) is 24.3 Å². The van der Waals surface area contributed by atoms with Crippen molar-refractivity contribution in [3.8, 4) is 0 Å². The fourth-order valence-electron chi connectivity index (χ4n) is 1.84. The average molecular weight is 269 g/mol. The van der Waals surface area contributed by atoms with Gasteiger partial charge in [0.15, 0.2) is 0 Å². The van der Waals surface area contributed by atoms with Gasteiger partial charge in [0.2, 0.25) is 5.96 Å². The van der Waals surface area contributed by atoms with E-state index in [-0.39, 0.29) is 0 Å². The highest BCUT2D eigenvalue weighted by atomic mass is 15.4. The monoisotopic (exact) mass is 269 g/mol. The lowest BCUT2D eigenvalue weighted by Gasteiger charge is -2.23. The van der Waals surface area contributed by atoms with Crippen LogP contribution in [0.25, 0.3) is 0 Å². The molecule has 0 bridgehead atoms. The van der Waals surface area contributed by atoms with Crippen LogP contribution in [0.1, 0.15) is 12.6 Å². The predicted octanol–water partition coefficient (Wildman–Crippen LogP) is 2.05. The molecule has 0 amide bonds. The van der Waals surface area contributed by atoms with Crippen molar-refractivity contribution < 1.29 is 0 Å². The Morgan fingerprint density at radius 2 is 1.95 bits per heavy atom. The maximum atomic E-state index is 5.61. The molecule has 0 unspecified atom stereocenters. The first kappa shape index (κ1) is 14.0. The minimum absolute atomic E-state index is 0.629. The summed E-state index contributed by atoms with van der Waals surface area (Å²) in [5, 5.41) is 0. The van der Waals surface area contributed by atoms with Gasteiger partial charge in [-0.25, -0.2) is 10.8 Å². The van der Waals surface area contributed by atoms with Crippen LogP contribution in [0, 0.1) is 0 Å². The van der Waals surface area contributed by atoms with Gasteiger partial charge >= 0.3 is 0 Å². The number of pyridine rings is 1. The minimum atomic E-state index is 0.629. The highest BCUT2D eigenvalue weighted by molar-refractivity contribution is 5.82. The van der Waals surface area contributed by atoms with Gasteiger partial charge in [-0.15, -0.1) is 0 Å². The van der Waals surface area contributed by atoms with Crippen LogP contribution in [0.3, 0.4) is 0 Å². The van der Waals surface area contributed by atoms with Gasteiger partial charge in [-0.2, -0.15) is 0 Å². The SMILES string of the molecule is CCN(Cc1ccccn1)C(=Nc1ccccc1)NN. The number of nitrogens with zero attached hydrogens (tertiary/aromatic N) is 3. The van der Waals surface area contributed by atoms with Crippen molar-refractivity contribution in [2.45, 2.75) is 13.5 Å². The Morgan fingerprint density at radius 3 is 2.55 bits per heavy atom. The second kappa shape index (κ2) is 7.25. The molecule has 3 N–H and O–H groups in total. The number of aliphatic imine (C=N–C) groups is 1. The van der Waals surface area contributed by atoms with Gasteiger partial charge < -0.3 is 4.90 Å². The van der Waals surface area contributed by atoms with Crippen LogP contribution >= 0.6 is 0 Å². The summed E-state index contributed by atoms with van der Waals surface area (Å²) in [7, 11) is 0. The fraction of sp³-hybridized carbons (Fsp3) is 0.200. The Bertz CT molecular complexity index is 539. The van der Waals surface area contributed by atoms with Gasteiger partial charge in [0.05, 0.1) is 17.9 Å². The first-order valence-corrected chi connectivity index (χ1v) is 6.58. The van der Waals surface area contributed by atoms with Crippen molar-refractivity contribution >= 4 is 11.6 Å². The number of hydrogen-bond donors (Lipinski definition) is 2. The number of hydrazine groups is 1. The van der Waals surface area contributed by atoms with Crippen molar-refractivity contribution in [1.82, 2.24) is 15.3 Å². The molecule has 2 rings (SSSR count). The van der Waals surface area contributed by atoms with E-state index in [0.29, 0.717) is 12.5 Å². The van der Waals surface area contributed by atoms with Crippen molar-refractivity contribution in [2.75, 3.05) is 6.54 Å². The Morgan fingerprint density at radius 1 is 1.20 bits per heavy atom. The first-order valence-electron chi connectivity index (χ1n) is 6.58. The number of nitrogens with one attached hydrogen (secondary N) is 1. The lowest BCUT2D eigenvalue weighted by Crippen LogP contribution is -2.44. The van der Waals surface area contributed by atoms with Gasteiger partial charge in [-0.05, 0) is 31.2 Å². The Hall–Kier alpha value is -2.40. The Balaban J connectivity index is 2.18. The van der Waals surface area contributed by atoms with E-state index in [1.165, 1.54) is 0 Å². The van der Waals surface area contributed by atoms with E-state index in [1.54, 1.807) is 6.20 Å². The number of guanidine groups is 1. The van der Waals surface area contributed by atoms with Crippen LogP contribution in [0.5, 0.6) is 0 Å². The number of aromatic nitrogens is 1. The molecule has 1 heterocycles. The van der Waals surface area contributed by atoms with Crippen LogP contribution in [0.4, 0.5) is 5.69 Å². The second-order valence-corrected chi connectivity index (χ2v) is 4.25. The third-order valence-corrected chi connectivity index (χ3v) is 2.88. The molecule has 2 aromatic rings. The van der Waals surface area contributed by atoms with E-state index >= 15 is 0 Å². The third-order valence-electron chi connectivity index (χ3n) is 2.88. The number of para-hydroxylation sites is 1. The van der Waals surface area contributed by atoms with E-state index in [1.807, 2.05) is 53.4 Å². The van der Waals surface area contributed by atoms with Gasteiger partial charge in [0.25, 0.3) is 0 Å². The summed E-state index contributed by atoms with van der Waals surface area (Å²) in [6, 6.07) is 15.6. The van der Waals surface area contributed by atoms with Crippen molar-refractivity contribution in [3.63, 3.8) is 0 Å². The lowest BCUT2D eigenvalue weighted by molar-refractivity contribution is 0.413. The highest BCUT2D eigenvalue weighted by Gasteiger charge is 2.09. The maximum Gasteiger partial charge on any atom is 0.213 e. The summed E-state index contributed by atoms with van der Waals surface area (Å²) in [5.41, 5.74) is 4.51. The molecule has 104 valence electrons. The summed E-state index contributed by atoms with van der Waals surface area (Å²) in [6.45, 7) is 3.50. The van der Waals surface area contributed by atoms with E-state index in [2.05, 4.69) is 22.3 Å². The zero-order chi connectivity index (χ0) is 14.2. The summed E-state index contributed by atoms with van der Waals surface area (Å²) in [5.74, 6) is 6.24. The first-order chi connectivity index (χ1) is 9.83. The molecule has 1 aromatic carbocycles. The van der Waals surface area contributed by atoms with E-state index in [9.17, 15) is 0 Å². The number of nitrogens with two attached hydrogens (primary N) is 1. The summed E-state index contributed by atoms with van der Waals surface area (Å²) >= 11 is 0. The molecule has 0 saturated heterocycles. The van der Waals surface area contributed by atoms with Gasteiger partial charge in [-0.3, -0.25) is 10.4 Å². The minimum Gasteiger partial charge on any atom is -0.336 e. The van der Waals surface area contributed by atoms with Crippen LogP contribution in [-0.2, 0) is 6.54 Å². The normalized spacial score (nSPS) is 11.2. The molecule has 0 saturated carbocycles. The largest absolute Gasteiger partial charge is 0.336 e. The molecule has 0 aliphatic rings. The summed E-state index contributed by atoms with van der Waals surface area (Å²) < 4.78 is 0. The molecule has 5 heteroatoms. The van der Waals surface area contributed by atoms with Crippen LogP contribution in [0.15, 0.2) is 59.7 Å². The molecule has 20 heavy (non-hydrogen) atoms. The molecule has 0 fully saturated rings. The summed E-state index contributed by atoms with van der Waals surface area (Å²) in [4.78, 5) is 10.9. The lowest BCUT2D eigenvalue weighted by atomic mass is 10.3. The zero-order valence-corrected chi connectivity index (χ0v) is 11.5. The molecule has 0 radical (unpaired) electrons. The number of hydrogen-bond acceptors (Lipinski definition) is 3. The Labute approximate surface area is 119 Å². The maximum absolute atomic E-state index is 5.61. The molecule has 0 atom stereocenters. The molecule has 0 spiro atoms. The topological polar surface area (TPSA) is 66.5 Å². The molecule has 0 aliphatic heterocycles. The number of rotatable bonds is 4. The smallest absolute Gasteiger partial charge is 0.213 e. The zero-order valence-electron chi connectivity index (χ0n) is 11.5. The van der Waals surface area contributed by atoms with Crippen LogP contribution in [0.2, 0.25) is 0 Å². The van der Waals surface area contributed by atoms with E-state index in [0.717, 1.165) is 17.9 Å². The van der Waals surface area contributed by atoms with Crippen LogP contribution in [-0.4, -0.2) is 22.4 Å². The number of benzene rings is 1. The Kier molecular flexibility index (Phi) is 5.08. The van der Waals surface area contributed by atoms with Crippen LogP contribution < -0.4 is 11.3 Å². The summed E-state index contributed by atoms with van der Waals surface area (Å²) in [6.07, 6.45) is 1.78. The fourth-order valence-corrected chi connectivity index (χ4v) is 1.84. The predicted molar refractivity (Wildman–Crippen MR) is 81.2 cm³/mol. The standard InChI is InChI=1S/C15H19N5/c1-2-20(12-14-10-6-7-11-17-14)15(19-16)18-13-8-4-3-5-9-13/h3-11H,2,12,16H2,1H3,(H,18,19). The van der Waals surface area contributed by atoms with Gasteiger partial charge in [0.1, 0.15) is 0 Å². The molecular formula is C15H19N5. The van der Waals surface area contributed by atoms with E-state index in [4.69, 9.17) is 5.84 Å². The average Bonchev–Trinajstić information content (AvgIpc) is 2.52. The molecule has 5 nitrogen and oxygen atoms in total.